The smallest absolute Gasteiger partial charge is 0.276 e. The molecule has 0 radical (unpaired) electrons. The van der Waals surface area contributed by atoms with E-state index in [1.165, 1.54) is 0 Å². The van der Waals surface area contributed by atoms with Gasteiger partial charge in [0, 0.05) is 12.2 Å². The van der Waals surface area contributed by atoms with Crippen molar-refractivity contribution in [3.8, 4) is 0 Å². The van der Waals surface area contributed by atoms with Crippen LogP contribution in [0, 0.1) is 5.82 Å². The maximum atomic E-state index is 14.5. The first-order valence-corrected chi connectivity index (χ1v) is 7.44. The number of hydrogen-bond donors (Lipinski definition) is 3. The molecule has 1 aliphatic rings. The zero-order valence-electron chi connectivity index (χ0n) is 12.7. The number of H-pyrrole nitrogens is 1. The van der Waals surface area contributed by atoms with Gasteiger partial charge in [-0.25, -0.2) is 4.39 Å². The highest BCUT2D eigenvalue weighted by molar-refractivity contribution is 6.03. The second kappa shape index (κ2) is 5.88. The Morgan fingerprint density at radius 1 is 1.41 bits per heavy atom. The van der Waals surface area contributed by atoms with Gasteiger partial charge < -0.3 is 10.6 Å². The van der Waals surface area contributed by atoms with Crippen molar-refractivity contribution in [3.63, 3.8) is 0 Å². The van der Waals surface area contributed by atoms with E-state index in [1.54, 1.807) is 12.1 Å². The number of carbonyl (C=O) groups excluding carboxylic acids is 1. The van der Waals surface area contributed by atoms with Crippen molar-refractivity contribution in [2.75, 3.05) is 11.9 Å². The van der Waals surface area contributed by atoms with E-state index >= 15 is 0 Å². The van der Waals surface area contributed by atoms with E-state index in [-0.39, 0.29) is 23.1 Å². The van der Waals surface area contributed by atoms with E-state index in [2.05, 4.69) is 20.8 Å². The number of halogens is 1. The Bertz CT molecular complexity index is 708. The fraction of sp³-hybridized carbons (Fsp3) is 0.375. The zero-order valence-corrected chi connectivity index (χ0v) is 12.7. The molecular weight excluding hydrogens is 283 g/mol. The summed E-state index contributed by atoms with van der Waals surface area (Å²) in [6.07, 6.45) is 0.630. The summed E-state index contributed by atoms with van der Waals surface area (Å²) in [5.74, 6) is -0.495. The first-order chi connectivity index (χ1) is 10.6. The molecule has 5 nitrogen and oxygen atoms in total. The van der Waals surface area contributed by atoms with Gasteiger partial charge in [-0.15, -0.1) is 0 Å². The summed E-state index contributed by atoms with van der Waals surface area (Å²) in [7, 11) is 0. The highest BCUT2D eigenvalue weighted by Gasteiger charge is 2.19. The first kappa shape index (κ1) is 14.7. The number of anilines is 1. The molecule has 0 fully saturated rings. The van der Waals surface area contributed by atoms with Gasteiger partial charge in [-0.3, -0.25) is 9.89 Å². The average Bonchev–Trinajstić information content (AvgIpc) is 3.00. The minimum Gasteiger partial charge on any atom is -0.318 e. The zero-order chi connectivity index (χ0) is 15.7. The Kier molecular flexibility index (Phi) is 3.94. The molecule has 0 unspecified atom stereocenters. The lowest BCUT2D eigenvalue weighted by Crippen LogP contribution is -2.25. The lowest BCUT2D eigenvalue weighted by atomic mass is 9.99. The van der Waals surface area contributed by atoms with Crippen LogP contribution in [-0.2, 0) is 13.0 Å². The third-order valence-electron chi connectivity index (χ3n) is 3.91. The number of fused-ring (bicyclic) bond motifs is 1. The van der Waals surface area contributed by atoms with E-state index in [4.69, 9.17) is 0 Å². The van der Waals surface area contributed by atoms with E-state index < -0.39 is 5.91 Å². The number of hydrogen-bond acceptors (Lipinski definition) is 3. The van der Waals surface area contributed by atoms with Crippen molar-refractivity contribution in [2.45, 2.75) is 32.7 Å². The van der Waals surface area contributed by atoms with Crippen LogP contribution in [0.15, 0.2) is 18.2 Å². The van der Waals surface area contributed by atoms with Gasteiger partial charge in [-0.2, -0.15) is 5.10 Å². The summed E-state index contributed by atoms with van der Waals surface area (Å²) in [6.45, 7) is 5.43. The van der Waals surface area contributed by atoms with Gasteiger partial charge in [0.1, 0.15) is 5.82 Å². The lowest BCUT2D eigenvalue weighted by molar-refractivity contribution is 0.102. The Labute approximate surface area is 128 Å². The number of aromatic nitrogens is 2. The number of amides is 1. The average molecular weight is 302 g/mol. The first-order valence-electron chi connectivity index (χ1n) is 7.44. The maximum Gasteiger partial charge on any atom is 0.276 e. The molecular formula is C16H19FN4O. The molecule has 2 aromatic rings. The van der Waals surface area contributed by atoms with Crippen LogP contribution < -0.4 is 10.6 Å². The van der Waals surface area contributed by atoms with Gasteiger partial charge >= 0.3 is 0 Å². The number of carbonyl (C=O) groups is 1. The molecule has 0 saturated heterocycles. The van der Waals surface area contributed by atoms with Gasteiger partial charge in [-0.1, -0.05) is 19.9 Å². The third-order valence-corrected chi connectivity index (χ3v) is 3.91. The van der Waals surface area contributed by atoms with Crippen LogP contribution in [0.1, 0.15) is 47.1 Å². The Morgan fingerprint density at radius 3 is 2.95 bits per heavy atom. The summed E-state index contributed by atoms with van der Waals surface area (Å²) in [4.78, 5) is 12.2. The number of nitrogens with one attached hydrogen (secondary N) is 3. The van der Waals surface area contributed by atoms with Gasteiger partial charge in [0.05, 0.1) is 5.69 Å². The number of benzene rings is 1. The number of aromatic amines is 1. The van der Waals surface area contributed by atoms with Crippen LogP contribution in [0.3, 0.4) is 0 Å². The normalized spacial score (nSPS) is 14.0. The monoisotopic (exact) mass is 302 g/mol. The second-order valence-corrected chi connectivity index (χ2v) is 5.81. The van der Waals surface area contributed by atoms with Crippen molar-refractivity contribution >= 4 is 11.6 Å². The van der Waals surface area contributed by atoms with Crippen LogP contribution in [-0.4, -0.2) is 22.6 Å². The van der Waals surface area contributed by atoms with Crippen molar-refractivity contribution in [3.05, 3.63) is 46.5 Å². The maximum absolute atomic E-state index is 14.5. The van der Waals surface area contributed by atoms with Crippen molar-refractivity contribution < 1.29 is 9.18 Å². The fourth-order valence-corrected chi connectivity index (χ4v) is 2.57. The van der Waals surface area contributed by atoms with Crippen LogP contribution in [0.25, 0.3) is 0 Å². The van der Waals surface area contributed by atoms with Crippen molar-refractivity contribution in [2.24, 2.45) is 0 Å². The van der Waals surface area contributed by atoms with Crippen LogP contribution in [0.2, 0.25) is 0 Å². The molecule has 0 bridgehead atoms. The highest BCUT2D eigenvalue weighted by Crippen LogP contribution is 2.25. The topological polar surface area (TPSA) is 69.8 Å². The molecule has 1 aliphatic heterocycles. The molecule has 0 spiro atoms. The van der Waals surface area contributed by atoms with E-state index in [1.807, 2.05) is 19.9 Å². The molecule has 0 saturated carbocycles. The molecule has 22 heavy (non-hydrogen) atoms. The number of nitrogens with zero attached hydrogens (tertiary/aromatic N) is 1. The highest BCUT2D eigenvalue weighted by atomic mass is 19.1. The predicted octanol–water partition coefficient (Wildman–Crippen LogP) is 2.57. The summed E-state index contributed by atoms with van der Waals surface area (Å²) in [6, 6.07) is 5.15. The van der Waals surface area contributed by atoms with Gasteiger partial charge in [0.2, 0.25) is 0 Å². The molecule has 1 amide bonds. The Balaban J connectivity index is 1.81. The van der Waals surface area contributed by atoms with Crippen molar-refractivity contribution in [1.29, 1.82) is 0 Å². The largest absolute Gasteiger partial charge is 0.318 e. The minimum absolute atomic E-state index is 0.208. The molecule has 0 aliphatic carbocycles. The summed E-state index contributed by atoms with van der Waals surface area (Å²) in [5, 5.41) is 12.6. The predicted molar refractivity (Wildman–Crippen MR) is 82.4 cm³/mol. The molecule has 2 heterocycles. The number of rotatable bonds is 3. The van der Waals surface area contributed by atoms with Crippen LogP contribution in [0.4, 0.5) is 10.1 Å². The molecule has 6 heteroatoms. The van der Waals surface area contributed by atoms with E-state index in [0.29, 0.717) is 18.5 Å². The quantitative estimate of drug-likeness (QED) is 0.816. The molecule has 1 aromatic heterocycles. The fourth-order valence-electron chi connectivity index (χ4n) is 2.57. The second-order valence-electron chi connectivity index (χ2n) is 5.81. The third kappa shape index (κ3) is 2.74. The lowest BCUT2D eigenvalue weighted by Gasteiger charge is -2.19. The Morgan fingerprint density at radius 2 is 2.23 bits per heavy atom. The van der Waals surface area contributed by atoms with Crippen LogP contribution >= 0.6 is 0 Å². The van der Waals surface area contributed by atoms with Crippen LogP contribution in [0.5, 0.6) is 0 Å². The Hall–Kier alpha value is -2.21. The SMILES string of the molecule is CC(C)c1cc(C(=O)Nc2ccc3c(c2F)CCNC3)n[nH]1. The molecule has 0 atom stereocenters. The van der Waals surface area contributed by atoms with E-state index in [0.717, 1.165) is 17.8 Å². The molecule has 1 aromatic carbocycles. The minimum atomic E-state index is -0.407. The molecule has 116 valence electrons. The summed E-state index contributed by atoms with van der Waals surface area (Å²) < 4.78 is 14.5. The van der Waals surface area contributed by atoms with Gasteiger partial charge in [0.15, 0.2) is 5.69 Å². The van der Waals surface area contributed by atoms with Gasteiger partial charge in [0.25, 0.3) is 5.91 Å². The summed E-state index contributed by atoms with van der Waals surface area (Å²) >= 11 is 0. The van der Waals surface area contributed by atoms with Gasteiger partial charge in [-0.05, 0) is 42.1 Å². The molecule has 3 N–H and O–H groups in total. The van der Waals surface area contributed by atoms with Crippen molar-refractivity contribution in [1.82, 2.24) is 15.5 Å². The standard InChI is InChI=1S/C16H19FN4O/c1-9(2)13-7-14(21-20-13)16(22)19-12-4-3-10-8-18-6-5-11(10)15(12)17/h3-4,7,9,18H,5-6,8H2,1-2H3,(H,19,22)(H,20,21). The van der Waals surface area contributed by atoms with E-state index in [9.17, 15) is 9.18 Å². The summed E-state index contributed by atoms with van der Waals surface area (Å²) in [5.41, 5.74) is 2.98. The molecule has 3 rings (SSSR count).